The summed E-state index contributed by atoms with van der Waals surface area (Å²) in [5.74, 6) is 0.513. The molecule has 1 aromatic carbocycles. The van der Waals surface area contributed by atoms with Gasteiger partial charge >= 0.3 is 6.09 Å². The van der Waals surface area contributed by atoms with E-state index < -0.39 is 6.09 Å². The molecule has 2 rings (SSSR count). The zero-order chi connectivity index (χ0) is 13.5. The van der Waals surface area contributed by atoms with E-state index >= 15 is 0 Å². The van der Waals surface area contributed by atoms with E-state index in [1.165, 1.54) is 0 Å². The maximum Gasteiger partial charge on any atom is 0.408 e. The number of tetrazole rings is 1. The maximum absolute atomic E-state index is 11.7. The fourth-order valence-electron chi connectivity index (χ4n) is 1.58. The quantitative estimate of drug-likeness (QED) is 0.852. The summed E-state index contributed by atoms with van der Waals surface area (Å²) < 4.78 is 5.13. The van der Waals surface area contributed by atoms with Gasteiger partial charge in [0.05, 0.1) is 6.04 Å². The van der Waals surface area contributed by atoms with Crippen molar-refractivity contribution in [1.82, 2.24) is 25.9 Å². The van der Waals surface area contributed by atoms with Crippen LogP contribution in [0, 0.1) is 0 Å². The molecule has 0 aliphatic carbocycles. The molecular formula is C12H15N5O2. The zero-order valence-corrected chi connectivity index (χ0v) is 10.5. The number of rotatable bonds is 5. The van der Waals surface area contributed by atoms with Crippen LogP contribution in [-0.4, -0.2) is 26.7 Å². The Bertz CT molecular complexity index is 500. The molecule has 19 heavy (non-hydrogen) atoms. The summed E-state index contributed by atoms with van der Waals surface area (Å²) in [7, 11) is 0. The number of amides is 1. The van der Waals surface area contributed by atoms with Crippen molar-refractivity contribution in [3.63, 3.8) is 0 Å². The minimum Gasteiger partial charge on any atom is -0.445 e. The largest absolute Gasteiger partial charge is 0.445 e. The fourth-order valence-corrected chi connectivity index (χ4v) is 1.58. The first kappa shape index (κ1) is 13.0. The van der Waals surface area contributed by atoms with E-state index in [1.807, 2.05) is 37.3 Å². The third kappa shape index (κ3) is 3.77. The first-order chi connectivity index (χ1) is 9.29. The SMILES string of the molecule is CC[C@@H](NC(=O)OCc1ccccc1)c1nnn[nH]1. The molecule has 2 N–H and O–H groups in total. The Kier molecular flexibility index (Phi) is 4.44. The van der Waals surface area contributed by atoms with Crippen molar-refractivity contribution < 1.29 is 9.53 Å². The Balaban J connectivity index is 1.84. The van der Waals surface area contributed by atoms with Gasteiger partial charge in [0.2, 0.25) is 0 Å². The number of aromatic nitrogens is 4. The van der Waals surface area contributed by atoms with E-state index in [-0.39, 0.29) is 12.6 Å². The maximum atomic E-state index is 11.7. The first-order valence-corrected chi connectivity index (χ1v) is 6.00. The van der Waals surface area contributed by atoms with Gasteiger partial charge in [-0.1, -0.05) is 37.3 Å². The molecule has 1 amide bonds. The van der Waals surface area contributed by atoms with Crippen molar-refractivity contribution in [2.45, 2.75) is 26.0 Å². The molecule has 1 aromatic heterocycles. The number of hydrogen-bond acceptors (Lipinski definition) is 5. The standard InChI is InChI=1S/C12H15N5O2/c1-2-10(11-14-16-17-15-11)13-12(18)19-8-9-6-4-3-5-7-9/h3-7,10H,2,8H2,1H3,(H,13,18)(H,14,15,16,17)/t10-/m1/s1. The Labute approximate surface area is 110 Å². The molecule has 0 aliphatic rings. The first-order valence-electron chi connectivity index (χ1n) is 6.00. The van der Waals surface area contributed by atoms with Gasteiger partial charge in [0.15, 0.2) is 5.82 Å². The van der Waals surface area contributed by atoms with Crippen LogP contribution < -0.4 is 5.32 Å². The predicted molar refractivity (Wildman–Crippen MR) is 67.0 cm³/mol. The number of hydrogen-bond donors (Lipinski definition) is 2. The molecule has 0 unspecified atom stereocenters. The number of ether oxygens (including phenoxy) is 1. The molecule has 0 bridgehead atoms. The van der Waals surface area contributed by atoms with Gasteiger partial charge in [0.25, 0.3) is 0 Å². The minimum absolute atomic E-state index is 0.234. The molecular weight excluding hydrogens is 246 g/mol. The molecule has 1 atom stereocenters. The van der Waals surface area contributed by atoms with Gasteiger partial charge in [-0.3, -0.25) is 0 Å². The normalized spacial score (nSPS) is 11.8. The van der Waals surface area contributed by atoms with Crippen LogP contribution >= 0.6 is 0 Å². The number of nitrogens with zero attached hydrogens (tertiary/aromatic N) is 3. The molecule has 2 aromatic rings. The number of benzene rings is 1. The molecule has 0 radical (unpaired) electrons. The van der Waals surface area contributed by atoms with Gasteiger partial charge in [0, 0.05) is 0 Å². The summed E-state index contributed by atoms with van der Waals surface area (Å²) in [6.45, 7) is 2.16. The molecule has 7 nitrogen and oxygen atoms in total. The van der Waals surface area contributed by atoms with Crippen LogP contribution in [-0.2, 0) is 11.3 Å². The summed E-state index contributed by atoms with van der Waals surface area (Å²) in [4.78, 5) is 11.7. The van der Waals surface area contributed by atoms with Crippen LogP contribution in [0.3, 0.4) is 0 Å². The van der Waals surface area contributed by atoms with Crippen LogP contribution in [0.4, 0.5) is 4.79 Å². The Morgan fingerprint density at radius 2 is 2.21 bits per heavy atom. The van der Waals surface area contributed by atoms with Gasteiger partial charge in [-0.05, 0) is 22.4 Å². The monoisotopic (exact) mass is 261 g/mol. The number of H-pyrrole nitrogens is 1. The number of carbonyl (C=O) groups excluding carboxylic acids is 1. The second-order valence-corrected chi connectivity index (χ2v) is 3.95. The minimum atomic E-state index is -0.493. The lowest BCUT2D eigenvalue weighted by Crippen LogP contribution is -2.29. The lowest BCUT2D eigenvalue weighted by molar-refractivity contribution is 0.135. The second kappa shape index (κ2) is 6.48. The third-order valence-corrected chi connectivity index (χ3v) is 2.60. The zero-order valence-electron chi connectivity index (χ0n) is 10.5. The highest BCUT2D eigenvalue weighted by Crippen LogP contribution is 2.10. The van der Waals surface area contributed by atoms with E-state index in [1.54, 1.807) is 0 Å². The van der Waals surface area contributed by atoms with Crippen LogP contribution in [0.5, 0.6) is 0 Å². The predicted octanol–water partition coefficient (Wildman–Crippen LogP) is 1.58. The number of carbonyl (C=O) groups is 1. The molecule has 0 saturated carbocycles. The van der Waals surface area contributed by atoms with Gasteiger partial charge in [-0.25, -0.2) is 9.89 Å². The average molecular weight is 261 g/mol. The lowest BCUT2D eigenvalue weighted by atomic mass is 10.2. The van der Waals surface area contributed by atoms with Gasteiger partial charge in [-0.2, -0.15) is 0 Å². The van der Waals surface area contributed by atoms with E-state index in [0.717, 1.165) is 5.56 Å². The summed E-state index contributed by atoms with van der Waals surface area (Å²) in [5.41, 5.74) is 0.937. The van der Waals surface area contributed by atoms with Gasteiger partial charge < -0.3 is 10.1 Å². The number of aromatic amines is 1. The smallest absolute Gasteiger partial charge is 0.408 e. The van der Waals surface area contributed by atoms with E-state index in [0.29, 0.717) is 12.2 Å². The topological polar surface area (TPSA) is 92.8 Å². The fraction of sp³-hybridized carbons (Fsp3) is 0.333. The van der Waals surface area contributed by atoms with E-state index in [4.69, 9.17) is 4.74 Å². The van der Waals surface area contributed by atoms with Crippen molar-refractivity contribution in [3.05, 3.63) is 41.7 Å². The number of alkyl carbamates (subject to hydrolysis) is 1. The highest BCUT2D eigenvalue weighted by atomic mass is 16.5. The van der Waals surface area contributed by atoms with Crippen LogP contribution in [0.1, 0.15) is 30.8 Å². The molecule has 0 aliphatic heterocycles. The molecule has 100 valence electrons. The van der Waals surface area contributed by atoms with E-state index in [2.05, 4.69) is 25.9 Å². The van der Waals surface area contributed by atoms with Gasteiger partial charge in [-0.15, -0.1) is 5.10 Å². The third-order valence-electron chi connectivity index (χ3n) is 2.60. The average Bonchev–Trinajstić information content (AvgIpc) is 2.97. The van der Waals surface area contributed by atoms with Gasteiger partial charge in [0.1, 0.15) is 6.61 Å². The van der Waals surface area contributed by atoms with Crippen molar-refractivity contribution in [1.29, 1.82) is 0 Å². The van der Waals surface area contributed by atoms with Crippen LogP contribution in [0.25, 0.3) is 0 Å². The lowest BCUT2D eigenvalue weighted by Gasteiger charge is -2.13. The molecule has 0 fully saturated rings. The van der Waals surface area contributed by atoms with Crippen LogP contribution in [0.15, 0.2) is 30.3 Å². The van der Waals surface area contributed by atoms with Crippen molar-refractivity contribution in [3.8, 4) is 0 Å². The Morgan fingerprint density at radius 3 is 2.84 bits per heavy atom. The van der Waals surface area contributed by atoms with Crippen molar-refractivity contribution >= 4 is 6.09 Å². The Hall–Kier alpha value is -2.44. The summed E-state index contributed by atoms with van der Waals surface area (Å²) in [6, 6.07) is 9.21. The molecule has 0 saturated heterocycles. The van der Waals surface area contributed by atoms with Crippen LogP contribution in [0.2, 0.25) is 0 Å². The molecule has 7 heteroatoms. The molecule has 1 heterocycles. The highest BCUT2D eigenvalue weighted by molar-refractivity contribution is 5.67. The second-order valence-electron chi connectivity index (χ2n) is 3.95. The summed E-state index contributed by atoms with van der Waals surface area (Å²) in [5, 5.41) is 16.1. The van der Waals surface area contributed by atoms with E-state index in [9.17, 15) is 4.79 Å². The number of nitrogens with one attached hydrogen (secondary N) is 2. The Morgan fingerprint density at radius 1 is 1.42 bits per heavy atom. The van der Waals surface area contributed by atoms with Crippen molar-refractivity contribution in [2.24, 2.45) is 0 Å². The summed E-state index contributed by atoms with van der Waals surface area (Å²) >= 11 is 0. The highest BCUT2D eigenvalue weighted by Gasteiger charge is 2.16. The van der Waals surface area contributed by atoms with Crippen molar-refractivity contribution in [2.75, 3.05) is 0 Å². The molecule has 0 spiro atoms. The summed E-state index contributed by atoms with van der Waals surface area (Å²) in [6.07, 6.45) is 0.171.